The molecule has 4 saturated heterocycles. The first kappa shape index (κ1) is 28.7. The van der Waals surface area contributed by atoms with Crippen molar-refractivity contribution in [2.75, 3.05) is 43.4 Å². The van der Waals surface area contributed by atoms with Crippen molar-refractivity contribution < 1.29 is 18.3 Å². The van der Waals surface area contributed by atoms with Crippen molar-refractivity contribution in [3.05, 3.63) is 34.9 Å². The second-order valence-corrected chi connectivity index (χ2v) is 13.7. The number of likely N-dealkylation sites (tertiary alicyclic amines) is 1. The van der Waals surface area contributed by atoms with Gasteiger partial charge in [0.1, 0.15) is 23.8 Å². The summed E-state index contributed by atoms with van der Waals surface area (Å²) in [5, 5.41) is 0.716. The van der Waals surface area contributed by atoms with Gasteiger partial charge in [0.05, 0.1) is 32.9 Å². The number of fused-ring (bicyclic) bond motifs is 4. The minimum absolute atomic E-state index is 0.00600. The number of aromatic nitrogens is 3. The second kappa shape index (κ2) is 10.6. The number of anilines is 2. The molecule has 8 rings (SSSR count). The van der Waals surface area contributed by atoms with Crippen LogP contribution in [0.4, 0.5) is 19.7 Å². The van der Waals surface area contributed by atoms with Gasteiger partial charge in [-0.3, -0.25) is 9.69 Å². The summed E-state index contributed by atoms with van der Waals surface area (Å²) in [5.74, 6) is 4.49. The van der Waals surface area contributed by atoms with Crippen LogP contribution in [-0.2, 0) is 4.79 Å². The zero-order valence-corrected chi connectivity index (χ0v) is 26.1. The molecule has 2 N–H and O–H groups in total. The molecule has 4 aliphatic rings. The van der Waals surface area contributed by atoms with E-state index in [9.17, 15) is 9.18 Å². The third-order valence-corrected chi connectivity index (χ3v) is 11.2. The van der Waals surface area contributed by atoms with Crippen LogP contribution in [0.2, 0.25) is 5.02 Å². The number of carbonyl (C=O) groups is 1. The molecular formula is C32H30ClF2N7O2S. The van der Waals surface area contributed by atoms with Crippen molar-refractivity contribution in [3.63, 3.8) is 0 Å². The van der Waals surface area contributed by atoms with E-state index >= 15 is 4.39 Å². The number of hydrogen-bond donors (Lipinski definition) is 1. The molecule has 45 heavy (non-hydrogen) atoms. The summed E-state index contributed by atoms with van der Waals surface area (Å²) in [5.41, 5.74) is 6.53. The Bertz CT molecular complexity index is 1950. The molecule has 0 aliphatic carbocycles. The molecule has 4 aliphatic heterocycles. The van der Waals surface area contributed by atoms with Crippen molar-refractivity contribution in [2.24, 2.45) is 0 Å². The van der Waals surface area contributed by atoms with Gasteiger partial charge in [-0.05, 0) is 76.2 Å². The summed E-state index contributed by atoms with van der Waals surface area (Å²) in [6, 6.07) is 4.45. The van der Waals surface area contributed by atoms with E-state index in [1.165, 1.54) is 12.1 Å². The molecule has 0 saturated carbocycles. The molecule has 1 amide bonds. The predicted molar refractivity (Wildman–Crippen MR) is 170 cm³/mol. The van der Waals surface area contributed by atoms with Crippen LogP contribution in [0.1, 0.15) is 39.0 Å². The standard InChI is InChI=1S/C32H30ClF2N7O2S/c1-2-5-23(43)41-13-8-21-22(41)15-42(21)29-18-14-19(33)24(17-6-7-20(34)28-27(17)37-30(36)45-28)25(35)26(18)38-31(39-29)44-16-32-9-3-11-40(32)12-4-10-32/h6-7,14,21-22H,3-4,8-13,15-16H2,1H3,(H2,36,37)/t21?,22-/m1/s1. The van der Waals surface area contributed by atoms with Gasteiger partial charge in [-0.25, -0.2) is 13.8 Å². The number of hydrogen-bond acceptors (Lipinski definition) is 9. The Morgan fingerprint density at radius 3 is 2.73 bits per heavy atom. The van der Waals surface area contributed by atoms with E-state index in [-0.39, 0.29) is 61.0 Å². The molecule has 6 heterocycles. The zero-order chi connectivity index (χ0) is 31.0. The van der Waals surface area contributed by atoms with E-state index in [2.05, 4.69) is 31.6 Å². The highest BCUT2D eigenvalue weighted by Crippen LogP contribution is 2.45. The minimum atomic E-state index is -0.675. The van der Waals surface area contributed by atoms with Gasteiger partial charge >= 0.3 is 6.01 Å². The van der Waals surface area contributed by atoms with Crippen molar-refractivity contribution in [2.45, 2.75) is 56.7 Å². The fraction of sp³-hybridized carbons (Fsp3) is 0.438. The van der Waals surface area contributed by atoms with Gasteiger partial charge in [-0.2, -0.15) is 9.97 Å². The monoisotopic (exact) mass is 649 g/mol. The Morgan fingerprint density at radius 1 is 1.16 bits per heavy atom. The number of ether oxygens (including phenoxy) is 1. The van der Waals surface area contributed by atoms with Gasteiger partial charge in [-0.1, -0.05) is 28.9 Å². The predicted octanol–water partition coefficient (Wildman–Crippen LogP) is 5.24. The maximum Gasteiger partial charge on any atom is 0.319 e. The van der Waals surface area contributed by atoms with Crippen LogP contribution in [-0.4, -0.2) is 81.1 Å². The fourth-order valence-electron chi connectivity index (χ4n) is 7.84. The molecule has 4 aromatic rings. The highest BCUT2D eigenvalue weighted by atomic mass is 35.5. The van der Waals surface area contributed by atoms with Gasteiger partial charge in [0.25, 0.3) is 5.91 Å². The molecule has 0 spiro atoms. The summed E-state index contributed by atoms with van der Waals surface area (Å²) in [4.78, 5) is 32.7. The number of benzene rings is 2. The first-order valence-electron chi connectivity index (χ1n) is 15.2. The Labute approximate surface area is 267 Å². The lowest BCUT2D eigenvalue weighted by molar-refractivity contribution is -0.126. The van der Waals surface area contributed by atoms with Gasteiger partial charge in [0.15, 0.2) is 10.9 Å². The average Bonchev–Trinajstić information content (AvgIpc) is 3.76. The molecule has 232 valence electrons. The molecular weight excluding hydrogens is 620 g/mol. The highest BCUT2D eigenvalue weighted by Gasteiger charge is 2.50. The van der Waals surface area contributed by atoms with Gasteiger partial charge in [-0.15, -0.1) is 0 Å². The normalized spacial score (nSPS) is 22.0. The number of rotatable bonds is 5. The summed E-state index contributed by atoms with van der Waals surface area (Å²) < 4.78 is 38.0. The SMILES string of the molecule is CC#CC(=O)N1CCC2[C@H]1CN2c1nc(OCC23CCCN2CCC3)nc2c(F)c(-c3ccc(F)c4sc(N)nc34)c(Cl)cc12. The van der Waals surface area contributed by atoms with E-state index in [0.29, 0.717) is 36.5 Å². The minimum Gasteiger partial charge on any atom is -0.461 e. The Kier molecular flexibility index (Phi) is 6.78. The van der Waals surface area contributed by atoms with E-state index in [0.717, 1.165) is 56.5 Å². The molecule has 4 fully saturated rings. The van der Waals surface area contributed by atoms with Crippen LogP contribution in [0.15, 0.2) is 18.2 Å². The van der Waals surface area contributed by atoms with Gasteiger partial charge in [0, 0.05) is 29.6 Å². The quantitative estimate of drug-likeness (QED) is 0.293. The lowest BCUT2D eigenvalue weighted by Gasteiger charge is -2.47. The summed E-state index contributed by atoms with van der Waals surface area (Å²) in [6.07, 6.45) is 5.05. The van der Waals surface area contributed by atoms with E-state index < -0.39 is 11.6 Å². The number of nitrogens with zero attached hydrogens (tertiary/aromatic N) is 6. The average molecular weight is 650 g/mol. The molecule has 0 radical (unpaired) electrons. The third-order valence-electron chi connectivity index (χ3n) is 9.96. The number of halogens is 3. The number of nitrogen functional groups attached to an aromatic ring is 1. The van der Waals surface area contributed by atoms with Crippen LogP contribution in [0, 0.1) is 23.5 Å². The summed E-state index contributed by atoms with van der Waals surface area (Å²) in [6.45, 7) is 5.26. The molecule has 2 aromatic heterocycles. The van der Waals surface area contributed by atoms with Gasteiger partial charge in [0.2, 0.25) is 0 Å². The Hall–Kier alpha value is -3.79. The topological polar surface area (TPSA) is 101 Å². The maximum absolute atomic E-state index is 16.8. The fourth-order valence-corrected chi connectivity index (χ4v) is 8.90. The van der Waals surface area contributed by atoms with Gasteiger partial charge < -0.3 is 20.3 Å². The number of carbonyl (C=O) groups excluding carboxylic acids is 1. The second-order valence-electron chi connectivity index (χ2n) is 12.3. The van der Waals surface area contributed by atoms with Crippen LogP contribution in [0.3, 0.4) is 0 Å². The van der Waals surface area contributed by atoms with Crippen molar-refractivity contribution in [1.29, 1.82) is 0 Å². The maximum atomic E-state index is 16.8. The van der Waals surface area contributed by atoms with Crippen LogP contribution in [0.25, 0.3) is 32.2 Å². The first-order chi connectivity index (χ1) is 21.8. The summed E-state index contributed by atoms with van der Waals surface area (Å²) >= 11 is 7.81. The van der Waals surface area contributed by atoms with E-state index in [1.807, 2.05) is 0 Å². The summed E-state index contributed by atoms with van der Waals surface area (Å²) in [7, 11) is 0. The molecule has 1 unspecified atom stereocenters. The molecule has 2 aromatic carbocycles. The highest BCUT2D eigenvalue weighted by molar-refractivity contribution is 7.22. The smallest absolute Gasteiger partial charge is 0.319 e. The molecule has 9 nitrogen and oxygen atoms in total. The van der Waals surface area contributed by atoms with E-state index in [1.54, 1.807) is 17.9 Å². The Morgan fingerprint density at radius 2 is 1.96 bits per heavy atom. The number of thiazole rings is 1. The van der Waals surface area contributed by atoms with Crippen LogP contribution in [0.5, 0.6) is 6.01 Å². The molecule has 2 atom stereocenters. The molecule has 13 heteroatoms. The molecule has 0 bridgehead atoms. The number of nitrogens with two attached hydrogens (primary N) is 1. The largest absolute Gasteiger partial charge is 0.461 e. The van der Waals surface area contributed by atoms with Crippen LogP contribution >= 0.6 is 22.9 Å². The lowest BCUT2D eigenvalue weighted by atomic mass is 9.95. The van der Waals surface area contributed by atoms with Crippen molar-refractivity contribution in [1.82, 2.24) is 24.8 Å². The number of amides is 1. The Balaban J connectivity index is 1.24. The first-order valence-corrected chi connectivity index (χ1v) is 16.4. The van der Waals surface area contributed by atoms with Crippen molar-refractivity contribution >= 4 is 60.9 Å². The lowest BCUT2D eigenvalue weighted by Crippen LogP contribution is -2.63. The third kappa shape index (κ3) is 4.42. The van der Waals surface area contributed by atoms with E-state index in [4.69, 9.17) is 27.1 Å². The van der Waals surface area contributed by atoms with Crippen LogP contribution < -0.4 is 15.4 Å². The zero-order valence-electron chi connectivity index (χ0n) is 24.6. The van der Waals surface area contributed by atoms with Crippen molar-refractivity contribution in [3.8, 4) is 29.0 Å².